The van der Waals surface area contributed by atoms with E-state index in [0.717, 1.165) is 0 Å². The van der Waals surface area contributed by atoms with Gasteiger partial charge in [-0.3, -0.25) is 10.1 Å². The van der Waals surface area contributed by atoms with Gasteiger partial charge in [-0.25, -0.2) is 14.5 Å². The summed E-state index contributed by atoms with van der Waals surface area (Å²) in [4.78, 5) is 22.2. The van der Waals surface area contributed by atoms with Gasteiger partial charge in [0, 0.05) is 12.4 Å². The Kier molecular flexibility index (Phi) is 4.16. The van der Waals surface area contributed by atoms with Crippen LogP contribution in [0.2, 0.25) is 0 Å². The van der Waals surface area contributed by atoms with Crippen molar-refractivity contribution in [3.05, 3.63) is 32.8 Å². The highest BCUT2D eigenvalue weighted by Gasteiger charge is 2.57. The number of hydrogen-bond donors (Lipinski definition) is 0. The molecule has 112 valence electrons. The van der Waals surface area contributed by atoms with Crippen molar-refractivity contribution in [2.24, 2.45) is 4.99 Å². The summed E-state index contributed by atoms with van der Waals surface area (Å²) in [6.45, 7) is 1.98. The van der Waals surface area contributed by atoms with Gasteiger partial charge in [-0.05, 0) is 22.9 Å². The van der Waals surface area contributed by atoms with Gasteiger partial charge in [0.15, 0.2) is 0 Å². The lowest BCUT2D eigenvalue weighted by atomic mass is 10.3. The van der Waals surface area contributed by atoms with E-state index in [1.807, 2.05) is 0 Å². The third-order valence-electron chi connectivity index (χ3n) is 3.31. The molecule has 9 nitrogen and oxygen atoms in total. The van der Waals surface area contributed by atoms with Gasteiger partial charge in [0.2, 0.25) is 5.82 Å². The molecule has 2 unspecified atom stereocenters. The predicted molar refractivity (Wildman–Crippen MR) is 77.7 cm³/mol. The Morgan fingerprint density at radius 2 is 2.00 bits per heavy atom. The topological polar surface area (TPSA) is 115 Å². The maximum atomic E-state index is 11.3. The van der Waals surface area contributed by atoms with Gasteiger partial charge in [-0.1, -0.05) is 0 Å². The van der Waals surface area contributed by atoms with Crippen LogP contribution in [0.15, 0.2) is 21.9 Å². The molecule has 1 aliphatic rings. The highest BCUT2D eigenvalue weighted by atomic mass is 79.9. The number of quaternary nitrogens is 1. The molecule has 2 rings (SSSR count). The Bertz CT molecular complexity index is 752. The van der Waals surface area contributed by atoms with Gasteiger partial charge in [-0.2, -0.15) is 13.4 Å². The average Bonchev–Trinajstić information content (AvgIpc) is 2.74. The second-order valence-electron chi connectivity index (χ2n) is 4.48. The van der Waals surface area contributed by atoms with Gasteiger partial charge in [0.05, 0.1) is 23.0 Å². The van der Waals surface area contributed by atoms with E-state index in [4.69, 9.17) is 0 Å². The molecule has 21 heavy (non-hydrogen) atoms. The molecule has 1 aromatic rings. The molecular weight excluding hydrogens is 366 g/mol. The van der Waals surface area contributed by atoms with E-state index < -0.39 is 26.4 Å². The molecule has 0 amide bonds. The first-order valence-corrected chi connectivity index (χ1v) is 7.70. The lowest BCUT2D eigenvalue weighted by Crippen LogP contribution is -2.58. The van der Waals surface area contributed by atoms with Crippen LogP contribution in [-0.4, -0.2) is 58.4 Å². The van der Waals surface area contributed by atoms with Crippen molar-refractivity contribution in [1.82, 2.24) is 9.97 Å². The number of nitro groups is 1. The molecule has 11 heteroatoms. The van der Waals surface area contributed by atoms with E-state index in [9.17, 15) is 18.5 Å². The van der Waals surface area contributed by atoms with Gasteiger partial charge in [0.25, 0.3) is 16.1 Å². The van der Waals surface area contributed by atoms with E-state index in [-0.39, 0.29) is 22.7 Å². The molecule has 0 saturated heterocycles. The molecule has 0 N–H and O–H groups in total. The molecule has 2 heterocycles. The van der Waals surface area contributed by atoms with Crippen molar-refractivity contribution in [3.8, 4) is 0 Å². The molecule has 1 aliphatic heterocycles. The monoisotopic (exact) mass is 376 g/mol. The van der Waals surface area contributed by atoms with Crippen LogP contribution < -0.4 is 0 Å². The maximum absolute atomic E-state index is 11.3. The number of rotatable bonds is 3. The van der Waals surface area contributed by atoms with Gasteiger partial charge < -0.3 is 0 Å². The van der Waals surface area contributed by atoms with E-state index >= 15 is 0 Å². The average molecular weight is 377 g/mol. The molecule has 0 spiro atoms. The molecule has 1 aromatic heterocycles. The molecule has 0 aromatic carbocycles. The zero-order valence-corrected chi connectivity index (χ0v) is 13.5. The summed E-state index contributed by atoms with van der Waals surface area (Å²) in [6, 6.07) is 0. The molecule has 2 atom stereocenters. The van der Waals surface area contributed by atoms with Crippen LogP contribution >= 0.6 is 15.9 Å². The Morgan fingerprint density at radius 1 is 1.43 bits per heavy atom. The first kappa shape index (κ1) is 15.7. The van der Waals surface area contributed by atoms with Gasteiger partial charge in [-0.15, -0.1) is 0 Å². The van der Waals surface area contributed by atoms with Crippen LogP contribution in [0.25, 0.3) is 0 Å². The standard InChI is InChI=1S/C10H11BrN5O4S/c1-3-16(2)8(7-12-4-6(11)5-13-7)14-9(21(19)20)10(16)15(17)18/h4-5,10H,3H2,1-2H3/q+1. The minimum Gasteiger partial charge on any atom is -0.259 e. The first-order valence-electron chi connectivity index (χ1n) is 5.83. The Hall–Kier alpha value is -1.72. The number of amidine groups is 1. The van der Waals surface area contributed by atoms with Crippen molar-refractivity contribution < 1.29 is 17.8 Å². The zero-order chi connectivity index (χ0) is 15.8. The third kappa shape index (κ3) is 2.59. The second-order valence-corrected chi connectivity index (χ2v) is 6.28. The summed E-state index contributed by atoms with van der Waals surface area (Å²) >= 11 is 3.19. The second kappa shape index (κ2) is 5.58. The number of nitrogens with zero attached hydrogens (tertiary/aromatic N) is 5. The molecule has 0 saturated carbocycles. The smallest absolute Gasteiger partial charge is 0.259 e. The summed E-state index contributed by atoms with van der Waals surface area (Å²) in [7, 11) is -1.24. The summed E-state index contributed by atoms with van der Waals surface area (Å²) in [6.07, 6.45) is 1.45. The van der Waals surface area contributed by atoms with Crippen LogP contribution in [0.5, 0.6) is 0 Å². The van der Waals surface area contributed by atoms with Gasteiger partial charge in [0.1, 0.15) is 0 Å². The summed E-state index contributed by atoms with van der Waals surface area (Å²) in [5.74, 6) is 0.320. The number of likely N-dealkylation sites (N-methyl/N-ethyl adjacent to an activating group) is 1. The fraction of sp³-hybridized carbons (Fsp3) is 0.400. The lowest BCUT2D eigenvalue weighted by Gasteiger charge is -2.28. The molecule has 0 fully saturated rings. The lowest BCUT2D eigenvalue weighted by molar-refractivity contribution is -0.921. The van der Waals surface area contributed by atoms with Crippen LogP contribution in [0.1, 0.15) is 12.7 Å². The summed E-state index contributed by atoms with van der Waals surface area (Å²) in [5.41, 5.74) is 0. The van der Waals surface area contributed by atoms with Gasteiger partial charge >= 0.3 is 11.2 Å². The quantitative estimate of drug-likeness (QED) is 0.319. The van der Waals surface area contributed by atoms with E-state index in [0.29, 0.717) is 4.47 Å². The highest BCUT2D eigenvalue weighted by molar-refractivity contribution is 9.10. The third-order valence-corrected chi connectivity index (χ3v) is 4.36. The van der Waals surface area contributed by atoms with Crippen LogP contribution in [0, 0.1) is 10.1 Å². The number of aliphatic imine (C=N–C) groups is 1. The SMILES string of the molecule is CC[N+]1(C)C(c2ncc(Br)cn2)=NC(=S(=O)=O)C1[N+](=O)[O-]. The predicted octanol–water partition coefficient (Wildman–Crippen LogP) is 0.0776. The maximum Gasteiger partial charge on any atom is 0.400 e. The number of halogens is 1. The minimum absolute atomic E-state index is 0.158. The molecule has 0 bridgehead atoms. The Labute approximate surface area is 129 Å². The van der Waals surface area contributed by atoms with Crippen molar-refractivity contribution in [2.75, 3.05) is 13.6 Å². The van der Waals surface area contributed by atoms with E-state index in [2.05, 4.69) is 30.9 Å². The van der Waals surface area contributed by atoms with Crippen LogP contribution in [0.4, 0.5) is 0 Å². The largest absolute Gasteiger partial charge is 0.400 e. The highest BCUT2D eigenvalue weighted by Crippen LogP contribution is 2.24. The summed E-state index contributed by atoms with van der Waals surface area (Å²) in [5, 5.41) is 11.3. The molecule has 0 radical (unpaired) electrons. The number of hydrogen-bond acceptors (Lipinski definition) is 6. The normalized spacial score (nSPS) is 24.8. The Morgan fingerprint density at radius 3 is 2.43 bits per heavy atom. The van der Waals surface area contributed by atoms with Crippen LogP contribution in [0.3, 0.4) is 0 Å². The van der Waals surface area contributed by atoms with Crippen molar-refractivity contribution in [1.29, 1.82) is 0 Å². The minimum atomic E-state index is -2.78. The fourth-order valence-electron chi connectivity index (χ4n) is 2.09. The van der Waals surface area contributed by atoms with Crippen LogP contribution in [-0.2, 0) is 10.3 Å². The fourth-order valence-corrected chi connectivity index (χ4v) is 2.94. The number of aromatic nitrogens is 2. The first-order chi connectivity index (χ1) is 9.81. The van der Waals surface area contributed by atoms with Crippen molar-refractivity contribution in [2.45, 2.75) is 13.1 Å². The van der Waals surface area contributed by atoms with E-state index in [1.165, 1.54) is 19.4 Å². The Balaban J connectivity index is 2.69. The molecular formula is C10H11BrN5O4S+. The summed E-state index contributed by atoms with van der Waals surface area (Å²) < 4.78 is 22.8. The van der Waals surface area contributed by atoms with E-state index in [1.54, 1.807) is 6.92 Å². The zero-order valence-electron chi connectivity index (χ0n) is 11.1. The van der Waals surface area contributed by atoms with Crippen molar-refractivity contribution in [3.63, 3.8) is 0 Å². The molecule has 0 aliphatic carbocycles. The van der Waals surface area contributed by atoms with Crippen molar-refractivity contribution >= 4 is 37.0 Å².